The van der Waals surface area contributed by atoms with E-state index in [1.54, 1.807) is 4.68 Å². The van der Waals surface area contributed by atoms with Crippen molar-refractivity contribution in [2.45, 2.75) is 20.4 Å². The molecule has 1 aromatic carbocycles. The number of rotatable bonds is 3. The van der Waals surface area contributed by atoms with Gasteiger partial charge in [-0.25, -0.2) is 4.68 Å². The molecule has 0 aliphatic rings. The van der Waals surface area contributed by atoms with Crippen LogP contribution in [0.4, 0.5) is 5.82 Å². The number of nitrogen functional groups attached to an aromatic ring is 1. The Morgan fingerprint density at radius 2 is 2.00 bits per heavy atom. The van der Waals surface area contributed by atoms with Gasteiger partial charge in [0.25, 0.3) is 5.89 Å². The maximum Gasteiger partial charge on any atom is 0.282 e. The summed E-state index contributed by atoms with van der Waals surface area (Å²) in [6.07, 6.45) is 0. The normalized spacial score (nSPS) is 10.9. The zero-order chi connectivity index (χ0) is 14.1. The molecule has 0 saturated heterocycles. The second-order valence-corrected chi connectivity index (χ2v) is 4.43. The van der Waals surface area contributed by atoms with Crippen LogP contribution in [0.1, 0.15) is 12.5 Å². The Kier molecular flexibility index (Phi) is 2.94. The molecular weight excluding hydrogens is 256 g/mol. The van der Waals surface area contributed by atoms with Gasteiger partial charge in [-0.15, -0.1) is 5.10 Å². The molecule has 0 bridgehead atoms. The quantitative estimate of drug-likeness (QED) is 0.781. The number of aromatic nitrogens is 5. The fourth-order valence-corrected chi connectivity index (χ4v) is 1.85. The number of nitrogens with two attached hydrogens (primary N) is 1. The second-order valence-electron chi connectivity index (χ2n) is 4.43. The molecule has 0 aliphatic carbocycles. The van der Waals surface area contributed by atoms with Crippen LogP contribution < -0.4 is 5.73 Å². The summed E-state index contributed by atoms with van der Waals surface area (Å²) >= 11 is 0. The lowest BCUT2D eigenvalue weighted by molar-refractivity contribution is 0.431. The summed E-state index contributed by atoms with van der Waals surface area (Å²) < 4.78 is 6.79. The van der Waals surface area contributed by atoms with Gasteiger partial charge in [0.2, 0.25) is 5.82 Å². The highest BCUT2D eigenvalue weighted by Crippen LogP contribution is 2.24. The van der Waals surface area contributed by atoms with E-state index in [0.29, 0.717) is 23.9 Å². The molecule has 20 heavy (non-hydrogen) atoms. The third-order valence-corrected chi connectivity index (χ3v) is 3.01. The first kappa shape index (κ1) is 12.3. The summed E-state index contributed by atoms with van der Waals surface area (Å²) in [5, 5.41) is 11.8. The lowest BCUT2D eigenvalue weighted by atomic mass is 10.1. The molecule has 102 valence electrons. The molecule has 0 atom stereocenters. The highest BCUT2D eigenvalue weighted by atomic mass is 16.5. The average molecular weight is 270 g/mol. The van der Waals surface area contributed by atoms with Crippen LogP contribution in [0, 0.1) is 6.92 Å². The minimum Gasteiger partial charge on any atom is -0.382 e. The van der Waals surface area contributed by atoms with Crippen molar-refractivity contribution in [3.63, 3.8) is 0 Å². The Hall–Kier alpha value is -2.70. The molecule has 2 N–H and O–H groups in total. The van der Waals surface area contributed by atoms with E-state index in [0.717, 1.165) is 5.56 Å². The van der Waals surface area contributed by atoms with Crippen LogP contribution in [0.3, 0.4) is 0 Å². The maximum absolute atomic E-state index is 5.92. The highest BCUT2D eigenvalue weighted by molar-refractivity contribution is 5.64. The number of anilines is 1. The number of nitrogens with zero attached hydrogens (tertiary/aromatic N) is 5. The summed E-state index contributed by atoms with van der Waals surface area (Å²) in [6.45, 7) is 4.59. The van der Waals surface area contributed by atoms with Crippen LogP contribution in [0.2, 0.25) is 0 Å². The summed E-state index contributed by atoms with van der Waals surface area (Å²) in [7, 11) is 0. The molecule has 0 amide bonds. The molecule has 0 aliphatic heterocycles. The van der Waals surface area contributed by atoms with Crippen molar-refractivity contribution in [3.05, 3.63) is 29.8 Å². The number of hydrogen-bond donors (Lipinski definition) is 1. The van der Waals surface area contributed by atoms with Gasteiger partial charge in [-0.05, 0) is 13.8 Å². The van der Waals surface area contributed by atoms with Crippen molar-refractivity contribution in [2.24, 2.45) is 0 Å². The van der Waals surface area contributed by atoms with E-state index in [4.69, 9.17) is 10.3 Å². The zero-order valence-corrected chi connectivity index (χ0v) is 11.2. The first-order chi connectivity index (χ1) is 9.69. The van der Waals surface area contributed by atoms with Gasteiger partial charge in [0, 0.05) is 12.1 Å². The number of benzene rings is 1. The fraction of sp³-hybridized carbons (Fsp3) is 0.231. The minimum absolute atomic E-state index is 0.276. The lowest BCUT2D eigenvalue weighted by Crippen LogP contribution is -2.02. The van der Waals surface area contributed by atoms with Crippen molar-refractivity contribution in [1.29, 1.82) is 0 Å². The molecule has 3 aromatic rings. The smallest absolute Gasteiger partial charge is 0.282 e. The molecule has 2 aromatic heterocycles. The molecule has 0 spiro atoms. The first-order valence-electron chi connectivity index (χ1n) is 6.29. The van der Waals surface area contributed by atoms with Gasteiger partial charge in [-0.2, -0.15) is 4.98 Å². The fourth-order valence-electron chi connectivity index (χ4n) is 1.85. The van der Waals surface area contributed by atoms with E-state index in [9.17, 15) is 0 Å². The third-order valence-electron chi connectivity index (χ3n) is 3.01. The average Bonchev–Trinajstić information content (AvgIpc) is 3.06. The van der Waals surface area contributed by atoms with Crippen molar-refractivity contribution >= 4 is 5.82 Å². The predicted molar refractivity (Wildman–Crippen MR) is 73.6 cm³/mol. The lowest BCUT2D eigenvalue weighted by Gasteiger charge is -1.95. The van der Waals surface area contributed by atoms with E-state index in [1.807, 2.05) is 38.1 Å². The Morgan fingerprint density at radius 3 is 2.65 bits per heavy atom. The van der Waals surface area contributed by atoms with Gasteiger partial charge in [-0.1, -0.05) is 40.2 Å². The largest absolute Gasteiger partial charge is 0.382 e. The topological polar surface area (TPSA) is 95.6 Å². The molecule has 0 saturated carbocycles. The Morgan fingerprint density at radius 1 is 1.25 bits per heavy atom. The summed E-state index contributed by atoms with van der Waals surface area (Å²) in [4.78, 5) is 4.32. The minimum atomic E-state index is 0.276. The van der Waals surface area contributed by atoms with Crippen LogP contribution in [-0.4, -0.2) is 25.1 Å². The number of hydrogen-bond acceptors (Lipinski definition) is 6. The number of aryl methyl sites for hydroxylation is 2. The molecule has 0 unspecified atom stereocenters. The van der Waals surface area contributed by atoms with Gasteiger partial charge in [-0.3, -0.25) is 0 Å². The van der Waals surface area contributed by atoms with Crippen molar-refractivity contribution in [3.8, 4) is 23.0 Å². The molecule has 0 radical (unpaired) electrons. The van der Waals surface area contributed by atoms with Gasteiger partial charge in [0.15, 0.2) is 11.5 Å². The third kappa shape index (κ3) is 2.03. The van der Waals surface area contributed by atoms with Gasteiger partial charge in [0.05, 0.1) is 0 Å². The SMILES string of the molecule is CCn1nnc(-c2nc(-c3ccc(C)cc3)no2)c1N. The first-order valence-corrected chi connectivity index (χ1v) is 6.29. The Bertz CT molecular complexity index is 728. The van der Waals surface area contributed by atoms with E-state index in [-0.39, 0.29) is 5.89 Å². The van der Waals surface area contributed by atoms with Crippen molar-refractivity contribution in [1.82, 2.24) is 25.1 Å². The van der Waals surface area contributed by atoms with Crippen LogP contribution in [0.15, 0.2) is 28.8 Å². The van der Waals surface area contributed by atoms with Crippen LogP contribution in [0.25, 0.3) is 23.0 Å². The predicted octanol–water partition coefficient (Wildman–Crippen LogP) is 1.91. The molecular formula is C13H14N6O. The zero-order valence-electron chi connectivity index (χ0n) is 11.2. The van der Waals surface area contributed by atoms with Crippen molar-refractivity contribution < 1.29 is 4.52 Å². The standard InChI is InChI=1S/C13H14N6O/c1-3-19-11(14)10(16-18-19)13-15-12(17-20-13)9-6-4-8(2)5-7-9/h4-7H,3,14H2,1-2H3. The Balaban J connectivity index is 1.97. The van der Waals surface area contributed by atoms with Gasteiger partial charge >= 0.3 is 0 Å². The van der Waals surface area contributed by atoms with Gasteiger partial charge < -0.3 is 10.3 Å². The monoisotopic (exact) mass is 270 g/mol. The van der Waals surface area contributed by atoms with Crippen LogP contribution in [-0.2, 0) is 6.54 Å². The summed E-state index contributed by atoms with van der Waals surface area (Å²) in [6, 6.07) is 7.87. The summed E-state index contributed by atoms with van der Waals surface area (Å²) in [5.41, 5.74) is 8.39. The molecule has 2 heterocycles. The molecule has 0 fully saturated rings. The maximum atomic E-state index is 5.92. The van der Waals surface area contributed by atoms with Crippen LogP contribution >= 0.6 is 0 Å². The van der Waals surface area contributed by atoms with Gasteiger partial charge in [0.1, 0.15) is 0 Å². The van der Waals surface area contributed by atoms with Crippen molar-refractivity contribution in [2.75, 3.05) is 5.73 Å². The highest BCUT2D eigenvalue weighted by Gasteiger charge is 2.18. The summed E-state index contributed by atoms with van der Waals surface area (Å²) in [5.74, 6) is 1.20. The second kappa shape index (κ2) is 4.76. The Labute approximate surface area is 115 Å². The van der Waals surface area contributed by atoms with Crippen LogP contribution in [0.5, 0.6) is 0 Å². The van der Waals surface area contributed by atoms with E-state index >= 15 is 0 Å². The molecule has 7 heteroatoms. The van der Waals surface area contributed by atoms with E-state index in [1.165, 1.54) is 5.56 Å². The molecule has 7 nitrogen and oxygen atoms in total. The van der Waals surface area contributed by atoms with E-state index in [2.05, 4.69) is 20.5 Å². The van der Waals surface area contributed by atoms with E-state index < -0.39 is 0 Å². The molecule has 3 rings (SSSR count).